The molecule has 0 aliphatic carbocycles. The monoisotopic (exact) mass is 583 g/mol. The van der Waals surface area contributed by atoms with Crippen LogP contribution in [0.25, 0.3) is 11.0 Å². The third kappa shape index (κ3) is 6.01. The lowest BCUT2D eigenvalue weighted by Gasteiger charge is -2.40. The van der Waals surface area contributed by atoms with Gasteiger partial charge in [0.15, 0.2) is 0 Å². The standard InChI is InChI=1S/C34H41N5O2S/c1-3-27(4-2)39-31-12-11-25(20-30(31)36-32(39)21-29-10-7-19-42-29)34(41)35-22-33(40)37-17-14-28(15-18-37)38-16-13-24-8-5-6-9-26(24)23-38/h5-12,19-20,27-28H,3-4,13-18,21-23H2,1-2H3,(H,35,41). The average molecular weight is 584 g/mol. The van der Waals surface area contributed by atoms with E-state index in [9.17, 15) is 9.59 Å². The number of rotatable bonds is 9. The number of thiophene rings is 1. The van der Waals surface area contributed by atoms with E-state index in [1.165, 1.54) is 16.0 Å². The van der Waals surface area contributed by atoms with Crippen LogP contribution in [-0.4, -0.2) is 63.4 Å². The van der Waals surface area contributed by atoms with Crippen molar-refractivity contribution in [1.82, 2.24) is 24.7 Å². The molecule has 2 aliphatic heterocycles. The number of imidazole rings is 1. The van der Waals surface area contributed by atoms with Crippen molar-refractivity contribution in [3.05, 3.63) is 87.4 Å². The summed E-state index contributed by atoms with van der Waals surface area (Å²) >= 11 is 1.74. The summed E-state index contributed by atoms with van der Waals surface area (Å²) in [6.45, 7) is 8.01. The molecule has 4 aromatic rings. The Hall–Kier alpha value is -3.49. The predicted octanol–water partition coefficient (Wildman–Crippen LogP) is 5.83. The molecule has 220 valence electrons. The van der Waals surface area contributed by atoms with Gasteiger partial charge in [-0.1, -0.05) is 44.2 Å². The Bertz CT molecular complexity index is 1530. The molecule has 0 unspecified atom stereocenters. The Morgan fingerprint density at radius 3 is 2.52 bits per heavy atom. The summed E-state index contributed by atoms with van der Waals surface area (Å²) < 4.78 is 2.35. The van der Waals surface area contributed by atoms with Crippen molar-refractivity contribution < 1.29 is 9.59 Å². The number of benzene rings is 2. The highest BCUT2D eigenvalue weighted by atomic mass is 32.1. The minimum Gasteiger partial charge on any atom is -0.343 e. The van der Waals surface area contributed by atoms with Crippen LogP contribution in [0.1, 0.15) is 77.8 Å². The fraction of sp³-hybridized carbons (Fsp3) is 0.441. The Labute approximate surface area is 252 Å². The predicted molar refractivity (Wildman–Crippen MR) is 169 cm³/mol. The second-order valence-corrected chi connectivity index (χ2v) is 12.6. The summed E-state index contributed by atoms with van der Waals surface area (Å²) in [6.07, 6.45) is 5.87. The number of piperidine rings is 1. The third-order valence-electron chi connectivity index (χ3n) is 9.14. The molecule has 7 nitrogen and oxygen atoms in total. The number of carbonyl (C=O) groups is 2. The lowest BCUT2D eigenvalue weighted by Crippen LogP contribution is -2.50. The number of amides is 2. The Morgan fingerprint density at radius 2 is 1.79 bits per heavy atom. The lowest BCUT2D eigenvalue weighted by molar-refractivity contribution is -0.131. The summed E-state index contributed by atoms with van der Waals surface area (Å²) in [5.74, 6) is 0.790. The molecule has 42 heavy (non-hydrogen) atoms. The number of hydrogen-bond acceptors (Lipinski definition) is 5. The number of nitrogens with one attached hydrogen (secondary N) is 1. The fourth-order valence-corrected chi connectivity index (χ4v) is 7.43. The van der Waals surface area contributed by atoms with Crippen molar-refractivity contribution in [1.29, 1.82) is 0 Å². The zero-order chi connectivity index (χ0) is 29.1. The molecule has 0 atom stereocenters. The van der Waals surface area contributed by atoms with E-state index in [2.05, 4.69) is 70.4 Å². The molecule has 0 spiro atoms. The van der Waals surface area contributed by atoms with E-state index in [1.54, 1.807) is 11.3 Å². The largest absolute Gasteiger partial charge is 0.343 e. The molecule has 2 amide bonds. The third-order valence-corrected chi connectivity index (χ3v) is 10.0. The highest BCUT2D eigenvalue weighted by molar-refractivity contribution is 7.09. The zero-order valence-corrected chi connectivity index (χ0v) is 25.5. The molecule has 8 heteroatoms. The zero-order valence-electron chi connectivity index (χ0n) is 24.7. The van der Waals surface area contributed by atoms with Gasteiger partial charge < -0.3 is 14.8 Å². The van der Waals surface area contributed by atoms with Crippen molar-refractivity contribution in [2.24, 2.45) is 0 Å². The maximum atomic E-state index is 13.1. The minimum absolute atomic E-state index is 0.0110. The molecule has 0 radical (unpaired) electrons. The lowest BCUT2D eigenvalue weighted by atomic mass is 9.95. The average Bonchev–Trinajstić information content (AvgIpc) is 3.68. The molecule has 2 aliphatic rings. The number of hydrogen-bond donors (Lipinski definition) is 1. The van der Waals surface area contributed by atoms with Crippen LogP contribution in [0.2, 0.25) is 0 Å². The molecule has 0 bridgehead atoms. The molecule has 2 aromatic carbocycles. The van der Waals surface area contributed by atoms with Gasteiger partial charge in [0.2, 0.25) is 5.91 Å². The maximum Gasteiger partial charge on any atom is 0.251 e. The second kappa shape index (κ2) is 12.8. The van der Waals surface area contributed by atoms with E-state index in [4.69, 9.17) is 4.98 Å². The van der Waals surface area contributed by atoms with Crippen LogP contribution >= 0.6 is 11.3 Å². The highest BCUT2D eigenvalue weighted by Crippen LogP contribution is 2.29. The van der Waals surface area contributed by atoms with Crippen LogP contribution in [0.5, 0.6) is 0 Å². The summed E-state index contributed by atoms with van der Waals surface area (Å²) in [7, 11) is 0. The quantitative estimate of drug-likeness (QED) is 0.269. The van der Waals surface area contributed by atoms with E-state index in [0.717, 1.165) is 81.6 Å². The minimum atomic E-state index is -0.232. The molecule has 1 N–H and O–H groups in total. The van der Waals surface area contributed by atoms with Crippen LogP contribution < -0.4 is 5.32 Å². The van der Waals surface area contributed by atoms with Crippen LogP contribution in [0, 0.1) is 0 Å². The SMILES string of the molecule is CCC(CC)n1c(Cc2cccs2)nc2cc(C(=O)NCC(=O)N3CCC(N4CCc5ccccc5C4)CC3)ccc21. The van der Waals surface area contributed by atoms with Gasteiger partial charge in [0.05, 0.1) is 17.6 Å². The molecule has 1 fully saturated rings. The van der Waals surface area contributed by atoms with Crippen molar-refractivity contribution in [2.45, 2.75) is 71.0 Å². The van der Waals surface area contributed by atoms with Gasteiger partial charge in [-0.2, -0.15) is 0 Å². The number of nitrogens with zero attached hydrogens (tertiary/aromatic N) is 4. The van der Waals surface area contributed by atoms with Gasteiger partial charge in [0.1, 0.15) is 5.82 Å². The Morgan fingerprint density at radius 1 is 1.00 bits per heavy atom. The molecular weight excluding hydrogens is 542 g/mol. The second-order valence-electron chi connectivity index (χ2n) is 11.6. The van der Waals surface area contributed by atoms with Crippen LogP contribution in [-0.2, 0) is 24.2 Å². The van der Waals surface area contributed by atoms with Gasteiger partial charge >= 0.3 is 0 Å². The van der Waals surface area contributed by atoms with Crippen molar-refractivity contribution in [3.8, 4) is 0 Å². The molecule has 1 saturated heterocycles. The van der Waals surface area contributed by atoms with Gasteiger partial charge in [-0.25, -0.2) is 4.98 Å². The number of fused-ring (bicyclic) bond motifs is 2. The molecule has 6 rings (SSSR count). The number of carbonyl (C=O) groups excluding carboxylic acids is 2. The smallest absolute Gasteiger partial charge is 0.251 e. The van der Waals surface area contributed by atoms with E-state index >= 15 is 0 Å². The number of aromatic nitrogens is 2. The first-order valence-corrected chi connectivity index (χ1v) is 16.3. The summed E-state index contributed by atoms with van der Waals surface area (Å²) in [5.41, 5.74) is 5.33. The summed E-state index contributed by atoms with van der Waals surface area (Å²) in [5, 5.41) is 4.97. The maximum absolute atomic E-state index is 13.1. The normalized spacial score (nSPS) is 16.2. The molecule has 4 heterocycles. The van der Waals surface area contributed by atoms with Crippen LogP contribution in [0.15, 0.2) is 60.0 Å². The van der Waals surface area contributed by atoms with Gasteiger partial charge in [0, 0.05) is 55.1 Å². The van der Waals surface area contributed by atoms with Gasteiger partial charge in [-0.15, -0.1) is 11.3 Å². The van der Waals surface area contributed by atoms with Gasteiger partial charge in [0.25, 0.3) is 5.91 Å². The van der Waals surface area contributed by atoms with Crippen molar-refractivity contribution in [3.63, 3.8) is 0 Å². The van der Waals surface area contributed by atoms with Crippen LogP contribution in [0.3, 0.4) is 0 Å². The Balaban J connectivity index is 1.06. The molecule has 0 saturated carbocycles. The Kier molecular flexibility index (Phi) is 8.72. The molecular formula is C34H41N5O2S. The van der Waals surface area contributed by atoms with E-state index in [0.29, 0.717) is 17.6 Å². The summed E-state index contributed by atoms with van der Waals surface area (Å²) in [4.78, 5) is 36.9. The van der Waals surface area contributed by atoms with Crippen molar-refractivity contribution in [2.75, 3.05) is 26.2 Å². The molecule has 2 aromatic heterocycles. The van der Waals surface area contributed by atoms with Gasteiger partial charge in [-0.3, -0.25) is 14.5 Å². The first-order chi connectivity index (χ1) is 20.5. The highest BCUT2D eigenvalue weighted by Gasteiger charge is 2.29. The first-order valence-electron chi connectivity index (χ1n) is 15.4. The summed E-state index contributed by atoms with van der Waals surface area (Å²) in [6, 6.07) is 19.6. The van der Waals surface area contributed by atoms with E-state index < -0.39 is 0 Å². The van der Waals surface area contributed by atoms with Crippen molar-refractivity contribution >= 4 is 34.2 Å². The number of likely N-dealkylation sites (tertiary alicyclic amines) is 1. The van der Waals surface area contributed by atoms with Gasteiger partial charge in [-0.05, 0) is 72.9 Å². The van der Waals surface area contributed by atoms with E-state index in [-0.39, 0.29) is 18.4 Å². The fourth-order valence-electron chi connectivity index (χ4n) is 6.72. The van der Waals surface area contributed by atoms with E-state index in [1.807, 2.05) is 23.1 Å². The first kappa shape index (κ1) is 28.6. The topological polar surface area (TPSA) is 70.5 Å². The van der Waals surface area contributed by atoms with Crippen LogP contribution in [0.4, 0.5) is 0 Å².